The minimum absolute atomic E-state index is 0.294. The van der Waals surface area contributed by atoms with Crippen LogP contribution in [0.2, 0.25) is 0 Å². The Bertz CT molecular complexity index is 336. The lowest BCUT2D eigenvalue weighted by Crippen LogP contribution is -2.49. The summed E-state index contributed by atoms with van der Waals surface area (Å²) < 4.78 is 11.0. The summed E-state index contributed by atoms with van der Waals surface area (Å²) in [5.74, 6) is -0.294. The maximum Gasteiger partial charge on any atom is 0.327 e. The molecule has 6 heteroatoms. The molecular formula is C10H20NO4P. The topological polar surface area (TPSA) is 77.8 Å². The Morgan fingerprint density at radius 3 is 2.19 bits per heavy atom. The fraction of sp³-hybridized carbons (Fsp3) is 0.700. The molecule has 0 fully saturated rings. The number of hydrogen-bond acceptors (Lipinski definition) is 2. The third-order valence-electron chi connectivity index (χ3n) is 2.79. The van der Waals surface area contributed by atoms with Crippen LogP contribution >= 0.6 is 7.60 Å². The van der Waals surface area contributed by atoms with Gasteiger partial charge in [0.15, 0.2) is 0 Å². The van der Waals surface area contributed by atoms with Crippen LogP contribution < -0.4 is 0 Å². The van der Waals surface area contributed by atoms with Crippen LogP contribution in [0.15, 0.2) is 12.2 Å². The predicted molar refractivity (Wildman–Crippen MR) is 63.2 cm³/mol. The SMILES string of the molecule is C=C(C)C(=O)N(C)C(C)(CC)CP(=O)(O)O. The quantitative estimate of drug-likeness (QED) is 0.569. The summed E-state index contributed by atoms with van der Waals surface area (Å²) in [6.07, 6.45) is 0.125. The molecule has 94 valence electrons. The Balaban J connectivity index is 5.03. The molecule has 1 unspecified atom stereocenters. The summed E-state index contributed by atoms with van der Waals surface area (Å²) in [5, 5.41) is 0. The van der Waals surface area contributed by atoms with Crippen molar-refractivity contribution in [2.24, 2.45) is 0 Å². The molecule has 16 heavy (non-hydrogen) atoms. The van der Waals surface area contributed by atoms with Gasteiger partial charge in [0.05, 0.1) is 11.7 Å². The molecule has 0 saturated carbocycles. The minimum Gasteiger partial charge on any atom is -0.336 e. The fourth-order valence-corrected chi connectivity index (χ4v) is 2.75. The highest BCUT2D eigenvalue weighted by molar-refractivity contribution is 7.51. The van der Waals surface area contributed by atoms with E-state index in [9.17, 15) is 9.36 Å². The average Bonchev–Trinajstić information content (AvgIpc) is 2.12. The standard InChI is InChI=1S/C10H20NO4P/c1-6-10(4,7-16(13,14)15)11(5)9(12)8(2)3/h2,6-7H2,1,3-5H3,(H2,13,14,15). The highest BCUT2D eigenvalue weighted by Crippen LogP contribution is 2.41. The lowest BCUT2D eigenvalue weighted by molar-refractivity contribution is -0.130. The van der Waals surface area contributed by atoms with E-state index in [2.05, 4.69) is 6.58 Å². The number of hydrogen-bond donors (Lipinski definition) is 2. The second-order valence-corrected chi connectivity index (χ2v) is 5.96. The summed E-state index contributed by atoms with van der Waals surface area (Å²) in [6.45, 7) is 8.56. The third kappa shape index (κ3) is 4.08. The van der Waals surface area contributed by atoms with E-state index in [4.69, 9.17) is 9.79 Å². The van der Waals surface area contributed by atoms with Crippen LogP contribution in [-0.2, 0) is 9.36 Å². The van der Waals surface area contributed by atoms with E-state index in [0.29, 0.717) is 12.0 Å². The third-order valence-corrected chi connectivity index (χ3v) is 3.88. The van der Waals surface area contributed by atoms with E-state index in [1.807, 2.05) is 0 Å². The number of rotatable bonds is 5. The zero-order valence-electron chi connectivity index (χ0n) is 10.2. The zero-order valence-corrected chi connectivity index (χ0v) is 11.1. The van der Waals surface area contributed by atoms with Gasteiger partial charge in [0.25, 0.3) is 0 Å². The van der Waals surface area contributed by atoms with Crippen molar-refractivity contribution in [1.29, 1.82) is 0 Å². The molecule has 5 nitrogen and oxygen atoms in total. The van der Waals surface area contributed by atoms with E-state index in [1.54, 1.807) is 20.8 Å². The van der Waals surface area contributed by atoms with Crippen molar-refractivity contribution in [3.05, 3.63) is 12.2 Å². The highest BCUT2D eigenvalue weighted by atomic mass is 31.2. The molecule has 0 aromatic carbocycles. The molecule has 1 atom stereocenters. The maximum absolute atomic E-state index is 11.7. The van der Waals surface area contributed by atoms with Crippen molar-refractivity contribution in [3.8, 4) is 0 Å². The van der Waals surface area contributed by atoms with Gasteiger partial charge >= 0.3 is 7.60 Å². The second kappa shape index (κ2) is 5.13. The van der Waals surface area contributed by atoms with E-state index in [-0.39, 0.29) is 12.1 Å². The Morgan fingerprint density at radius 2 is 1.94 bits per heavy atom. The summed E-state index contributed by atoms with van der Waals surface area (Å²) in [4.78, 5) is 31.1. The Kier molecular flexibility index (Phi) is 4.92. The lowest BCUT2D eigenvalue weighted by atomic mass is 9.99. The van der Waals surface area contributed by atoms with Crippen LogP contribution in [-0.4, -0.2) is 39.3 Å². The summed E-state index contributed by atoms with van der Waals surface area (Å²) in [5.41, 5.74) is -0.498. The van der Waals surface area contributed by atoms with E-state index >= 15 is 0 Å². The molecule has 1 amide bonds. The van der Waals surface area contributed by atoms with Crippen molar-refractivity contribution in [3.63, 3.8) is 0 Å². The summed E-state index contributed by atoms with van der Waals surface area (Å²) in [6, 6.07) is 0. The van der Waals surface area contributed by atoms with Crippen LogP contribution in [0.3, 0.4) is 0 Å². The monoisotopic (exact) mass is 249 g/mol. The summed E-state index contributed by atoms with van der Waals surface area (Å²) >= 11 is 0. The van der Waals surface area contributed by atoms with Gasteiger partial charge in [0, 0.05) is 12.6 Å². The molecule has 0 aromatic rings. The van der Waals surface area contributed by atoms with Crippen LogP contribution in [0, 0.1) is 0 Å². The van der Waals surface area contributed by atoms with Crippen molar-refractivity contribution >= 4 is 13.5 Å². The van der Waals surface area contributed by atoms with Crippen molar-refractivity contribution in [1.82, 2.24) is 4.90 Å². The number of amides is 1. The van der Waals surface area contributed by atoms with Crippen LogP contribution in [0.25, 0.3) is 0 Å². The molecule has 0 saturated heterocycles. The molecule has 0 spiro atoms. The van der Waals surface area contributed by atoms with Gasteiger partial charge in [0.2, 0.25) is 5.91 Å². The number of carbonyl (C=O) groups is 1. The van der Waals surface area contributed by atoms with Crippen LogP contribution in [0.1, 0.15) is 27.2 Å². The van der Waals surface area contributed by atoms with E-state index in [1.165, 1.54) is 11.9 Å². The lowest BCUT2D eigenvalue weighted by Gasteiger charge is -2.38. The van der Waals surface area contributed by atoms with Gasteiger partial charge in [-0.15, -0.1) is 0 Å². The minimum atomic E-state index is -4.15. The maximum atomic E-state index is 11.7. The van der Waals surface area contributed by atoms with Crippen LogP contribution in [0.5, 0.6) is 0 Å². The highest BCUT2D eigenvalue weighted by Gasteiger charge is 2.37. The zero-order chi connectivity index (χ0) is 13.1. The number of carbonyl (C=O) groups excluding carboxylic acids is 1. The average molecular weight is 249 g/mol. The molecule has 0 aromatic heterocycles. The van der Waals surface area contributed by atoms with Crippen molar-refractivity contribution in [2.75, 3.05) is 13.2 Å². The summed E-state index contributed by atoms with van der Waals surface area (Å²) in [7, 11) is -2.61. The van der Waals surface area contributed by atoms with Gasteiger partial charge in [0.1, 0.15) is 0 Å². The van der Waals surface area contributed by atoms with Gasteiger partial charge < -0.3 is 14.7 Å². The molecule has 0 rings (SSSR count). The van der Waals surface area contributed by atoms with Gasteiger partial charge in [-0.25, -0.2) is 0 Å². The molecular weight excluding hydrogens is 229 g/mol. The van der Waals surface area contributed by atoms with Crippen molar-refractivity contribution in [2.45, 2.75) is 32.7 Å². The Labute approximate surface area is 96.3 Å². The van der Waals surface area contributed by atoms with Crippen LogP contribution in [0.4, 0.5) is 0 Å². The van der Waals surface area contributed by atoms with E-state index in [0.717, 1.165) is 0 Å². The smallest absolute Gasteiger partial charge is 0.327 e. The molecule has 0 heterocycles. The van der Waals surface area contributed by atoms with Gasteiger partial charge in [-0.2, -0.15) is 0 Å². The first-order valence-corrected chi connectivity index (χ1v) is 6.81. The molecule has 0 aliphatic carbocycles. The Hall–Kier alpha value is -0.640. The first-order chi connectivity index (χ1) is 7.03. The predicted octanol–water partition coefficient (Wildman–Crippen LogP) is 1.37. The molecule has 0 radical (unpaired) electrons. The van der Waals surface area contributed by atoms with Gasteiger partial charge in [-0.3, -0.25) is 9.36 Å². The van der Waals surface area contributed by atoms with Gasteiger partial charge in [-0.05, 0) is 20.3 Å². The van der Waals surface area contributed by atoms with E-state index < -0.39 is 13.1 Å². The Morgan fingerprint density at radius 1 is 1.50 bits per heavy atom. The number of likely N-dealkylation sites (N-methyl/N-ethyl adjacent to an activating group) is 1. The van der Waals surface area contributed by atoms with Gasteiger partial charge in [-0.1, -0.05) is 13.5 Å². The first kappa shape index (κ1) is 15.4. The largest absolute Gasteiger partial charge is 0.336 e. The molecule has 2 N–H and O–H groups in total. The molecule has 0 bridgehead atoms. The fourth-order valence-electron chi connectivity index (χ4n) is 1.43. The normalized spacial score (nSPS) is 15.4. The first-order valence-electron chi connectivity index (χ1n) is 5.02. The molecule has 0 aliphatic heterocycles. The molecule has 0 aliphatic rings. The van der Waals surface area contributed by atoms with Crippen molar-refractivity contribution < 1.29 is 19.1 Å². The number of nitrogens with zero attached hydrogens (tertiary/aromatic N) is 1. The second-order valence-electron chi connectivity index (χ2n) is 4.32.